The van der Waals surface area contributed by atoms with Crippen molar-refractivity contribution in [3.8, 4) is 0 Å². The van der Waals surface area contributed by atoms with E-state index in [1.54, 1.807) is 0 Å². The summed E-state index contributed by atoms with van der Waals surface area (Å²) in [4.78, 5) is 23.2. The molecule has 0 saturated carbocycles. The van der Waals surface area contributed by atoms with Crippen molar-refractivity contribution in [1.82, 2.24) is 0 Å². The maximum absolute atomic E-state index is 11.6. The number of hydrogen-bond donors (Lipinski definition) is 0. The van der Waals surface area contributed by atoms with Crippen molar-refractivity contribution in [1.29, 1.82) is 0 Å². The lowest BCUT2D eigenvalue weighted by Crippen LogP contribution is -2.25. The molecule has 0 spiro atoms. The lowest BCUT2D eigenvalue weighted by atomic mass is 9.97. The van der Waals surface area contributed by atoms with E-state index in [2.05, 4.69) is 0 Å². The summed E-state index contributed by atoms with van der Waals surface area (Å²) in [7, 11) is 0. The van der Waals surface area contributed by atoms with Crippen LogP contribution < -0.4 is 0 Å². The molecule has 0 radical (unpaired) electrons. The molecule has 0 aliphatic heterocycles. The minimum Gasteiger partial charge on any atom is -0.465 e. The van der Waals surface area contributed by atoms with Crippen LogP contribution in [-0.2, 0) is 19.1 Å². The van der Waals surface area contributed by atoms with E-state index >= 15 is 0 Å². The van der Waals surface area contributed by atoms with Crippen molar-refractivity contribution in [2.45, 2.75) is 61.3 Å². The predicted octanol–water partition coefficient (Wildman–Crippen LogP) is 3.58. The smallest absolute Gasteiger partial charge is 0.311 e. The Morgan fingerprint density at radius 3 is 1.80 bits per heavy atom. The molecule has 0 aromatic heterocycles. The molecule has 0 aromatic rings. The average molecular weight is 286 g/mol. The summed E-state index contributed by atoms with van der Waals surface area (Å²) in [6, 6.07) is 0. The third-order valence-corrected chi connectivity index (χ3v) is 2.80. The van der Waals surface area contributed by atoms with Gasteiger partial charge in [0.15, 0.2) is 0 Å². The second kappa shape index (κ2) is 7.65. The van der Waals surface area contributed by atoms with E-state index in [0.29, 0.717) is 13.2 Å². The normalized spacial score (nSPS) is 13.8. The van der Waals surface area contributed by atoms with Crippen molar-refractivity contribution >= 4 is 11.9 Å². The number of carbonyl (C=O) groups excluding carboxylic acids is 2. The molecule has 0 fully saturated rings. The predicted molar refractivity (Wildman–Crippen MR) is 79.2 cm³/mol. The maximum atomic E-state index is 11.6. The Balaban J connectivity index is 3.78. The van der Waals surface area contributed by atoms with Crippen molar-refractivity contribution in [3.05, 3.63) is 0 Å². The Morgan fingerprint density at radius 2 is 1.35 bits per heavy atom. The zero-order chi connectivity index (χ0) is 16.0. The SMILES string of the molecule is CC(CCCOC(=O)C(C)(C)C)COC(=O)C(C)(C)C. The number of hydrogen-bond acceptors (Lipinski definition) is 4. The molecule has 0 aromatic carbocycles. The van der Waals surface area contributed by atoms with Crippen LogP contribution in [0.25, 0.3) is 0 Å². The van der Waals surface area contributed by atoms with Gasteiger partial charge in [0.1, 0.15) is 0 Å². The highest BCUT2D eigenvalue weighted by Crippen LogP contribution is 2.17. The first kappa shape index (κ1) is 18.9. The van der Waals surface area contributed by atoms with Crippen LogP contribution in [0.3, 0.4) is 0 Å². The van der Waals surface area contributed by atoms with Gasteiger partial charge in [-0.25, -0.2) is 0 Å². The van der Waals surface area contributed by atoms with E-state index in [1.165, 1.54) is 0 Å². The average Bonchev–Trinajstić information content (AvgIpc) is 2.28. The summed E-state index contributed by atoms with van der Waals surface area (Å²) in [5.74, 6) is -0.0811. The summed E-state index contributed by atoms with van der Waals surface area (Å²) in [5.41, 5.74) is -0.907. The standard InChI is InChI=1S/C16H30O4/c1-12(11-20-14(18)16(5,6)7)9-8-10-19-13(17)15(2,3)4/h12H,8-11H2,1-7H3. The molecule has 20 heavy (non-hydrogen) atoms. The maximum Gasteiger partial charge on any atom is 0.311 e. The molecule has 4 heteroatoms. The molecule has 4 nitrogen and oxygen atoms in total. The summed E-state index contributed by atoms with van der Waals surface area (Å²) >= 11 is 0. The molecule has 0 rings (SSSR count). The van der Waals surface area contributed by atoms with Crippen LogP contribution in [0.2, 0.25) is 0 Å². The van der Waals surface area contributed by atoms with Gasteiger partial charge >= 0.3 is 11.9 Å². The van der Waals surface area contributed by atoms with Gasteiger partial charge in [-0.3, -0.25) is 9.59 Å². The Labute approximate surface area is 123 Å². The van der Waals surface area contributed by atoms with Crippen LogP contribution in [0.5, 0.6) is 0 Å². The van der Waals surface area contributed by atoms with Crippen molar-refractivity contribution in [2.75, 3.05) is 13.2 Å². The molecular weight excluding hydrogens is 256 g/mol. The van der Waals surface area contributed by atoms with E-state index < -0.39 is 10.8 Å². The first-order valence-corrected chi connectivity index (χ1v) is 7.29. The molecule has 0 bridgehead atoms. The van der Waals surface area contributed by atoms with E-state index in [4.69, 9.17) is 9.47 Å². The summed E-state index contributed by atoms with van der Waals surface area (Å²) in [6.07, 6.45) is 1.66. The molecule has 0 saturated heterocycles. The summed E-state index contributed by atoms with van der Waals surface area (Å²) in [6.45, 7) is 13.9. The molecule has 0 heterocycles. The Kier molecular flexibility index (Phi) is 7.25. The Hall–Kier alpha value is -1.06. The van der Waals surface area contributed by atoms with Crippen LogP contribution in [0, 0.1) is 16.7 Å². The lowest BCUT2D eigenvalue weighted by molar-refractivity contribution is -0.154. The highest BCUT2D eigenvalue weighted by atomic mass is 16.5. The van der Waals surface area contributed by atoms with E-state index in [1.807, 2.05) is 48.5 Å². The number of rotatable bonds is 6. The third kappa shape index (κ3) is 8.18. The first-order valence-electron chi connectivity index (χ1n) is 7.29. The van der Waals surface area contributed by atoms with Gasteiger partial charge in [0, 0.05) is 0 Å². The monoisotopic (exact) mass is 286 g/mol. The van der Waals surface area contributed by atoms with Crippen molar-refractivity contribution < 1.29 is 19.1 Å². The van der Waals surface area contributed by atoms with Crippen LogP contribution >= 0.6 is 0 Å². The molecule has 0 aliphatic rings. The Bertz CT molecular complexity index is 320. The van der Waals surface area contributed by atoms with Gasteiger partial charge in [0.05, 0.1) is 24.0 Å². The molecule has 0 N–H and O–H groups in total. The van der Waals surface area contributed by atoms with Gasteiger partial charge in [0.25, 0.3) is 0 Å². The van der Waals surface area contributed by atoms with Gasteiger partial charge in [-0.05, 0) is 60.3 Å². The molecule has 0 aliphatic carbocycles. The van der Waals surface area contributed by atoms with Gasteiger partial charge in [-0.15, -0.1) is 0 Å². The van der Waals surface area contributed by atoms with E-state index in [-0.39, 0.29) is 17.9 Å². The summed E-state index contributed by atoms with van der Waals surface area (Å²) < 4.78 is 10.4. The van der Waals surface area contributed by atoms with Gasteiger partial charge in [-0.2, -0.15) is 0 Å². The highest BCUT2D eigenvalue weighted by molar-refractivity contribution is 5.75. The van der Waals surface area contributed by atoms with Crippen molar-refractivity contribution in [3.63, 3.8) is 0 Å². The first-order chi connectivity index (χ1) is 8.94. The zero-order valence-electron chi connectivity index (χ0n) is 14.0. The fraction of sp³-hybridized carbons (Fsp3) is 0.875. The van der Waals surface area contributed by atoms with Gasteiger partial charge < -0.3 is 9.47 Å². The quantitative estimate of drug-likeness (QED) is 0.553. The number of carbonyl (C=O) groups is 2. The number of ether oxygens (including phenoxy) is 2. The van der Waals surface area contributed by atoms with Crippen LogP contribution in [-0.4, -0.2) is 25.2 Å². The molecular formula is C16H30O4. The Morgan fingerprint density at radius 1 is 0.900 bits per heavy atom. The zero-order valence-corrected chi connectivity index (χ0v) is 14.0. The van der Waals surface area contributed by atoms with E-state index in [9.17, 15) is 9.59 Å². The fourth-order valence-electron chi connectivity index (χ4n) is 1.33. The second-order valence-electron chi connectivity index (χ2n) is 7.48. The van der Waals surface area contributed by atoms with Gasteiger partial charge in [-0.1, -0.05) is 6.92 Å². The fourth-order valence-corrected chi connectivity index (χ4v) is 1.33. The largest absolute Gasteiger partial charge is 0.465 e. The van der Waals surface area contributed by atoms with Crippen molar-refractivity contribution in [2.24, 2.45) is 16.7 Å². The molecule has 118 valence electrons. The van der Waals surface area contributed by atoms with Crippen LogP contribution in [0.1, 0.15) is 61.3 Å². The topological polar surface area (TPSA) is 52.6 Å². The third-order valence-electron chi connectivity index (χ3n) is 2.80. The second-order valence-corrected chi connectivity index (χ2v) is 7.48. The molecule has 1 unspecified atom stereocenters. The van der Waals surface area contributed by atoms with Crippen LogP contribution in [0.4, 0.5) is 0 Å². The molecule has 1 atom stereocenters. The van der Waals surface area contributed by atoms with Gasteiger partial charge in [0.2, 0.25) is 0 Å². The van der Waals surface area contributed by atoms with E-state index in [0.717, 1.165) is 12.8 Å². The molecule has 0 amide bonds. The highest BCUT2D eigenvalue weighted by Gasteiger charge is 2.24. The number of esters is 2. The van der Waals surface area contributed by atoms with Crippen LogP contribution in [0.15, 0.2) is 0 Å². The summed E-state index contributed by atoms with van der Waals surface area (Å²) in [5, 5.41) is 0. The minimum absolute atomic E-state index is 0.177. The lowest BCUT2D eigenvalue weighted by Gasteiger charge is -2.19. The minimum atomic E-state index is -0.456.